The van der Waals surface area contributed by atoms with Crippen molar-refractivity contribution in [1.82, 2.24) is 31.0 Å². The van der Waals surface area contributed by atoms with Gasteiger partial charge in [0.05, 0.1) is 24.0 Å². The van der Waals surface area contributed by atoms with Crippen LogP contribution in [0.2, 0.25) is 0 Å². The largest absolute Gasteiger partial charge is 0.494 e. The molecule has 2 heterocycles. The molecule has 3 amide bonds. The first kappa shape index (κ1) is 17.6. The molecule has 0 aliphatic carbocycles. The van der Waals surface area contributed by atoms with Crippen LogP contribution in [-0.4, -0.2) is 52.9 Å². The van der Waals surface area contributed by atoms with Gasteiger partial charge < -0.3 is 25.2 Å². The molecule has 0 radical (unpaired) electrons. The van der Waals surface area contributed by atoms with E-state index in [2.05, 4.69) is 36.3 Å². The number of anilines is 3. The molecule has 1 aromatic carbocycles. The van der Waals surface area contributed by atoms with Gasteiger partial charge in [-0.15, -0.1) is 10.2 Å². The highest BCUT2D eigenvalue weighted by Crippen LogP contribution is 2.37. The number of para-hydroxylation sites is 1. The predicted molar refractivity (Wildman–Crippen MR) is 112 cm³/mol. The van der Waals surface area contributed by atoms with Crippen LogP contribution < -0.4 is 26.0 Å². The predicted octanol–water partition coefficient (Wildman–Crippen LogP) is 2.09. The lowest BCUT2D eigenvalue weighted by Crippen LogP contribution is -2.29. The Labute approximate surface area is 182 Å². The fourth-order valence-electron chi connectivity index (χ4n) is 2.68. The van der Waals surface area contributed by atoms with E-state index in [1.165, 1.54) is 13.2 Å². The van der Waals surface area contributed by atoms with E-state index < -0.39 is 18.9 Å². The van der Waals surface area contributed by atoms with Crippen molar-refractivity contribution in [1.29, 1.82) is 0 Å². The molecule has 0 atom stereocenters. The molecule has 0 saturated carbocycles. The number of benzene rings is 1. The van der Waals surface area contributed by atoms with Crippen LogP contribution in [0.3, 0.4) is 0 Å². The fraction of sp³-hybridized carbons (Fsp3) is 0.263. The van der Waals surface area contributed by atoms with Gasteiger partial charge in [0.15, 0.2) is 17.3 Å². The summed E-state index contributed by atoms with van der Waals surface area (Å²) in [5.41, 5.74) is 0.617. The van der Waals surface area contributed by atoms with E-state index in [1.807, 2.05) is 5.32 Å². The molecule has 0 saturated heterocycles. The molecule has 0 aliphatic rings. The second-order valence-corrected chi connectivity index (χ2v) is 6.08. The lowest BCUT2D eigenvalue weighted by atomic mass is 10.1. The monoisotopic (exact) mass is 429 g/mol. The molecule has 12 heteroatoms. The minimum atomic E-state index is -2.75. The Bertz CT molecular complexity index is 1200. The van der Waals surface area contributed by atoms with Gasteiger partial charge >= 0.3 is 6.03 Å². The number of rotatable bonds is 7. The van der Waals surface area contributed by atoms with E-state index in [-0.39, 0.29) is 23.0 Å². The topological polar surface area (TPSA) is 156 Å². The number of nitrogens with one attached hydrogen (secondary N) is 4. The van der Waals surface area contributed by atoms with Gasteiger partial charge in [-0.25, -0.2) is 4.79 Å². The Kier molecular flexibility index (Phi) is 5.41. The molecule has 12 nitrogen and oxygen atoms in total. The van der Waals surface area contributed by atoms with E-state index in [9.17, 15) is 9.59 Å². The van der Waals surface area contributed by atoms with Crippen LogP contribution in [0.4, 0.5) is 22.0 Å². The van der Waals surface area contributed by atoms with Crippen LogP contribution in [0.1, 0.15) is 27.4 Å². The number of methoxy groups -OCH3 is 1. The van der Waals surface area contributed by atoms with Gasteiger partial charge in [0, 0.05) is 30.6 Å². The summed E-state index contributed by atoms with van der Waals surface area (Å²) in [5.74, 6) is -0.0185. The van der Waals surface area contributed by atoms with Crippen molar-refractivity contribution in [2.24, 2.45) is 0 Å². The number of hydrogen-bond donors (Lipinski definition) is 4. The van der Waals surface area contributed by atoms with Crippen LogP contribution >= 0.6 is 0 Å². The van der Waals surface area contributed by atoms with E-state index in [4.69, 9.17) is 13.4 Å². The molecule has 0 unspecified atom stereocenters. The fourth-order valence-corrected chi connectivity index (χ4v) is 2.68. The SMILES string of the molecule is [2H]C([2H])([2H])NC(=O)c1nnc(NC(=O)NCC)cc1Nc1cccc(-c2noc(C)n2)c1OC. The van der Waals surface area contributed by atoms with Crippen molar-refractivity contribution in [3.05, 3.63) is 35.9 Å². The quantitative estimate of drug-likeness (QED) is 0.441. The molecular weight excluding hydrogens is 404 g/mol. The van der Waals surface area contributed by atoms with Crippen molar-refractivity contribution in [2.75, 3.05) is 31.3 Å². The summed E-state index contributed by atoms with van der Waals surface area (Å²) in [7, 11) is 1.44. The number of hydrogen-bond acceptors (Lipinski definition) is 9. The van der Waals surface area contributed by atoms with E-state index in [1.54, 1.807) is 32.0 Å². The van der Waals surface area contributed by atoms with Crippen molar-refractivity contribution in [3.8, 4) is 17.1 Å². The number of nitrogens with zero attached hydrogens (tertiary/aromatic N) is 4. The lowest BCUT2D eigenvalue weighted by Gasteiger charge is -2.16. The standard InChI is InChI=1S/C19H22N8O4/c1-5-21-19(29)24-14-9-13(15(26-25-14)18(28)20-3)23-12-8-6-7-11(16(12)30-4)17-22-10(2)31-27-17/h6-9H,5H2,1-4H3,(H,20,28)(H3,21,23,24,25,29)/i3D3. The molecule has 0 spiro atoms. The van der Waals surface area contributed by atoms with Crippen LogP contribution in [0.15, 0.2) is 28.8 Å². The van der Waals surface area contributed by atoms with Crippen molar-refractivity contribution < 1.29 is 23.0 Å². The van der Waals surface area contributed by atoms with Gasteiger partial charge in [0.2, 0.25) is 11.7 Å². The smallest absolute Gasteiger partial charge is 0.320 e. The number of carbonyl (C=O) groups excluding carboxylic acids is 2. The molecular formula is C19H22N8O4. The highest BCUT2D eigenvalue weighted by molar-refractivity contribution is 5.99. The average molecular weight is 429 g/mol. The molecule has 31 heavy (non-hydrogen) atoms. The number of urea groups is 1. The zero-order chi connectivity index (χ0) is 24.9. The Balaban J connectivity index is 2.04. The Morgan fingerprint density at radius 1 is 1.26 bits per heavy atom. The normalized spacial score (nSPS) is 12.2. The molecule has 0 bridgehead atoms. The van der Waals surface area contributed by atoms with Gasteiger partial charge in [0.25, 0.3) is 5.91 Å². The van der Waals surface area contributed by atoms with Crippen molar-refractivity contribution >= 4 is 29.1 Å². The van der Waals surface area contributed by atoms with E-state index in [0.29, 0.717) is 29.4 Å². The van der Waals surface area contributed by atoms with Gasteiger partial charge in [-0.05, 0) is 19.1 Å². The minimum Gasteiger partial charge on any atom is -0.494 e. The van der Waals surface area contributed by atoms with Crippen LogP contribution in [-0.2, 0) is 0 Å². The first-order chi connectivity index (χ1) is 16.1. The number of aromatic nitrogens is 4. The third kappa shape index (κ3) is 4.86. The molecule has 2 aromatic heterocycles. The molecule has 4 N–H and O–H groups in total. The van der Waals surface area contributed by atoms with E-state index in [0.717, 1.165) is 0 Å². The molecule has 162 valence electrons. The molecule has 0 aliphatic heterocycles. The third-order valence-electron chi connectivity index (χ3n) is 3.96. The second kappa shape index (κ2) is 9.52. The molecule has 3 aromatic rings. The van der Waals surface area contributed by atoms with Gasteiger partial charge in [-0.1, -0.05) is 11.2 Å². The summed E-state index contributed by atoms with van der Waals surface area (Å²) in [6.07, 6.45) is 0. The first-order valence-corrected chi connectivity index (χ1v) is 9.11. The zero-order valence-electron chi connectivity index (χ0n) is 19.9. The number of amides is 3. The summed E-state index contributed by atoms with van der Waals surface area (Å²) < 4.78 is 32.5. The number of carbonyl (C=O) groups is 2. The third-order valence-corrected chi connectivity index (χ3v) is 3.96. The molecule has 3 rings (SSSR count). The summed E-state index contributed by atoms with van der Waals surface area (Å²) >= 11 is 0. The number of aryl methyl sites for hydroxylation is 1. The van der Waals surface area contributed by atoms with E-state index >= 15 is 0 Å². The van der Waals surface area contributed by atoms with Crippen LogP contribution in [0.5, 0.6) is 5.75 Å². The summed E-state index contributed by atoms with van der Waals surface area (Å²) in [6.45, 7) is 1.02. The first-order valence-electron chi connectivity index (χ1n) is 10.6. The highest BCUT2D eigenvalue weighted by atomic mass is 16.5. The Morgan fingerprint density at radius 2 is 2.10 bits per heavy atom. The Hall–Kier alpha value is -4.22. The minimum absolute atomic E-state index is 0.0165. The zero-order valence-corrected chi connectivity index (χ0v) is 16.9. The Morgan fingerprint density at radius 3 is 2.77 bits per heavy atom. The van der Waals surface area contributed by atoms with Gasteiger partial charge in [-0.2, -0.15) is 4.98 Å². The lowest BCUT2D eigenvalue weighted by molar-refractivity contribution is 0.0958. The van der Waals surface area contributed by atoms with Gasteiger partial charge in [-0.3, -0.25) is 10.1 Å². The summed E-state index contributed by atoms with van der Waals surface area (Å²) in [4.78, 5) is 28.7. The summed E-state index contributed by atoms with van der Waals surface area (Å²) in [6, 6.07) is 5.86. The van der Waals surface area contributed by atoms with Crippen LogP contribution in [0.25, 0.3) is 11.4 Å². The van der Waals surface area contributed by atoms with Gasteiger partial charge in [0.1, 0.15) is 0 Å². The van der Waals surface area contributed by atoms with Crippen molar-refractivity contribution in [2.45, 2.75) is 13.8 Å². The maximum Gasteiger partial charge on any atom is 0.320 e. The summed E-state index contributed by atoms with van der Waals surface area (Å²) in [5, 5.41) is 21.4. The van der Waals surface area contributed by atoms with Crippen LogP contribution in [0, 0.1) is 6.92 Å². The molecule has 0 fully saturated rings. The maximum absolute atomic E-state index is 12.6. The highest BCUT2D eigenvalue weighted by Gasteiger charge is 2.19. The maximum atomic E-state index is 12.6. The van der Waals surface area contributed by atoms with Crippen molar-refractivity contribution in [3.63, 3.8) is 0 Å². The number of ether oxygens (including phenoxy) is 1. The average Bonchev–Trinajstić information content (AvgIpc) is 3.18. The second-order valence-electron chi connectivity index (χ2n) is 6.08.